The van der Waals surface area contributed by atoms with Crippen LogP contribution in [0.3, 0.4) is 0 Å². The van der Waals surface area contributed by atoms with Gasteiger partial charge >= 0.3 is 0 Å². The van der Waals surface area contributed by atoms with E-state index in [1.54, 1.807) is 12.1 Å². The average Bonchev–Trinajstić information content (AvgIpc) is 3.34. The third kappa shape index (κ3) is 2.09. The molecule has 0 unspecified atom stereocenters. The number of aromatic nitrogens is 2. The Hall–Kier alpha value is -2.21. The number of halogens is 1. The zero-order valence-electron chi connectivity index (χ0n) is 13.0. The van der Waals surface area contributed by atoms with Gasteiger partial charge in [-0.3, -0.25) is 9.20 Å². The van der Waals surface area contributed by atoms with Crippen molar-refractivity contribution in [1.29, 1.82) is 0 Å². The number of rotatable bonds is 2. The lowest BCUT2D eigenvalue weighted by Crippen LogP contribution is -2.38. The number of fused-ring (bicyclic) bond motifs is 3. The van der Waals surface area contributed by atoms with E-state index in [9.17, 15) is 9.18 Å². The smallest absolute Gasteiger partial charge is 0.272 e. The molecule has 1 amide bonds. The molecule has 5 rings (SSSR count). The van der Waals surface area contributed by atoms with Crippen LogP contribution in [-0.4, -0.2) is 32.8 Å². The fourth-order valence-corrected chi connectivity index (χ4v) is 4.87. The second-order valence-corrected chi connectivity index (χ2v) is 7.53. The molecule has 2 aliphatic rings. The lowest BCUT2D eigenvalue weighted by Gasteiger charge is -2.26. The molecule has 3 heterocycles. The molecule has 1 aliphatic carbocycles. The van der Waals surface area contributed by atoms with Crippen LogP contribution in [0, 0.1) is 11.7 Å². The van der Waals surface area contributed by atoms with E-state index >= 15 is 0 Å². The van der Waals surface area contributed by atoms with Crippen molar-refractivity contribution < 1.29 is 9.18 Å². The molecule has 0 N–H and O–H groups in total. The van der Waals surface area contributed by atoms with Crippen LogP contribution in [0.4, 0.5) is 4.39 Å². The molecular formula is C18H16FN3OS. The van der Waals surface area contributed by atoms with Crippen molar-refractivity contribution in [2.24, 2.45) is 5.92 Å². The predicted octanol–water partition coefficient (Wildman–Crippen LogP) is 3.83. The second kappa shape index (κ2) is 5.14. The van der Waals surface area contributed by atoms with Crippen LogP contribution in [0.25, 0.3) is 16.2 Å². The summed E-state index contributed by atoms with van der Waals surface area (Å²) < 4.78 is 15.0. The number of thiazole rings is 1. The number of hydrogen-bond acceptors (Lipinski definition) is 3. The van der Waals surface area contributed by atoms with Crippen molar-refractivity contribution in [3.05, 3.63) is 47.4 Å². The largest absolute Gasteiger partial charge is 0.334 e. The van der Waals surface area contributed by atoms with Crippen molar-refractivity contribution >= 4 is 22.2 Å². The molecule has 1 saturated carbocycles. The molecule has 4 nitrogen and oxygen atoms in total. The maximum absolute atomic E-state index is 13.1. The first-order chi connectivity index (χ1) is 11.7. The molecule has 2 atom stereocenters. The van der Waals surface area contributed by atoms with Gasteiger partial charge in [0.25, 0.3) is 5.91 Å². The molecule has 1 saturated heterocycles. The van der Waals surface area contributed by atoms with Gasteiger partial charge in [0.1, 0.15) is 11.5 Å². The molecule has 2 fully saturated rings. The van der Waals surface area contributed by atoms with E-state index in [0.29, 0.717) is 17.7 Å². The molecule has 122 valence electrons. The van der Waals surface area contributed by atoms with Gasteiger partial charge < -0.3 is 4.90 Å². The normalized spacial score (nSPS) is 22.6. The van der Waals surface area contributed by atoms with E-state index in [0.717, 1.165) is 35.6 Å². The number of likely N-dealkylation sites (tertiary alicyclic amines) is 1. The molecule has 3 aromatic rings. The van der Waals surface area contributed by atoms with E-state index in [-0.39, 0.29) is 11.7 Å². The number of imidazole rings is 1. The minimum absolute atomic E-state index is 0.108. The number of carbonyl (C=O) groups is 1. The summed E-state index contributed by atoms with van der Waals surface area (Å²) in [5.74, 6) is 0.530. The monoisotopic (exact) mass is 341 g/mol. The maximum atomic E-state index is 13.1. The first-order valence-corrected chi connectivity index (χ1v) is 9.10. The highest BCUT2D eigenvalue weighted by Gasteiger charge is 2.41. The highest BCUT2D eigenvalue weighted by atomic mass is 32.1. The highest BCUT2D eigenvalue weighted by molar-refractivity contribution is 7.15. The highest BCUT2D eigenvalue weighted by Crippen LogP contribution is 2.38. The summed E-state index contributed by atoms with van der Waals surface area (Å²) in [6.07, 6.45) is 5.42. The van der Waals surface area contributed by atoms with Crippen LogP contribution in [0.1, 0.15) is 29.8 Å². The Balaban J connectivity index is 1.51. The third-order valence-corrected chi connectivity index (χ3v) is 6.08. The van der Waals surface area contributed by atoms with E-state index in [1.165, 1.54) is 29.9 Å². The first-order valence-electron chi connectivity index (χ1n) is 8.22. The summed E-state index contributed by atoms with van der Waals surface area (Å²) in [6.45, 7) is 0.889. The Morgan fingerprint density at radius 1 is 1.25 bits per heavy atom. The van der Waals surface area contributed by atoms with Crippen molar-refractivity contribution in [2.45, 2.75) is 25.3 Å². The Bertz CT molecular complexity index is 930. The molecule has 2 aromatic heterocycles. The van der Waals surface area contributed by atoms with Gasteiger partial charge in [0.15, 0.2) is 4.96 Å². The Morgan fingerprint density at radius 3 is 2.79 bits per heavy atom. The maximum Gasteiger partial charge on any atom is 0.272 e. The molecule has 0 radical (unpaired) electrons. The molecule has 1 aromatic carbocycles. The van der Waals surface area contributed by atoms with Gasteiger partial charge in [0.05, 0.1) is 5.69 Å². The Labute approximate surface area is 142 Å². The molecule has 6 heteroatoms. The van der Waals surface area contributed by atoms with Crippen molar-refractivity contribution in [2.75, 3.05) is 6.54 Å². The zero-order chi connectivity index (χ0) is 16.3. The van der Waals surface area contributed by atoms with Crippen LogP contribution in [0.2, 0.25) is 0 Å². The van der Waals surface area contributed by atoms with Crippen molar-refractivity contribution in [1.82, 2.24) is 14.3 Å². The van der Waals surface area contributed by atoms with Crippen molar-refractivity contribution in [3.8, 4) is 11.3 Å². The van der Waals surface area contributed by atoms with Crippen LogP contribution < -0.4 is 0 Å². The van der Waals surface area contributed by atoms with E-state index in [1.807, 2.05) is 20.9 Å². The molecule has 1 aliphatic heterocycles. The quantitative estimate of drug-likeness (QED) is 0.710. The third-order valence-electron chi connectivity index (χ3n) is 5.24. The second-order valence-electron chi connectivity index (χ2n) is 6.70. The van der Waals surface area contributed by atoms with Gasteiger partial charge in [-0.15, -0.1) is 11.3 Å². The summed E-state index contributed by atoms with van der Waals surface area (Å²) in [5.41, 5.74) is 2.30. The van der Waals surface area contributed by atoms with Crippen LogP contribution >= 0.6 is 11.3 Å². The number of carbonyl (C=O) groups excluding carboxylic acids is 1. The SMILES string of the molecule is O=C(c1csc2nc(-c3ccc(F)cc3)cn12)N1C[C@@H]2CC[C@@H]1C2. The molecular weight excluding hydrogens is 325 g/mol. The summed E-state index contributed by atoms with van der Waals surface area (Å²) in [5, 5.41) is 1.89. The average molecular weight is 341 g/mol. The number of nitrogens with zero attached hydrogens (tertiary/aromatic N) is 3. The van der Waals surface area contributed by atoms with Crippen LogP contribution in [0.5, 0.6) is 0 Å². The minimum atomic E-state index is -0.264. The van der Waals surface area contributed by atoms with Crippen LogP contribution in [-0.2, 0) is 0 Å². The zero-order valence-corrected chi connectivity index (χ0v) is 13.8. The number of amides is 1. The molecule has 24 heavy (non-hydrogen) atoms. The van der Waals surface area contributed by atoms with E-state index < -0.39 is 0 Å². The first kappa shape index (κ1) is 14.2. The van der Waals surface area contributed by atoms with Gasteiger partial charge in [-0.2, -0.15) is 0 Å². The topological polar surface area (TPSA) is 37.6 Å². The Morgan fingerprint density at radius 2 is 2.08 bits per heavy atom. The van der Waals surface area contributed by atoms with Gasteiger partial charge in [-0.25, -0.2) is 9.37 Å². The number of benzene rings is 1. The van der Waals surface area contributed by atoms with Crippen LogP contribution in [0.15, 0.2) is 35.8 Å². The van der Waals surface area contributed by atoms with Crippen molar-refractivity contribution in [3.63, 3.8) is 0 Å². The summed E-state index contributed by atoms with van der Waals surface area (Å²) >= 11 is 1.47. The summed E-state index contributed by atoms with van der Waals surface area (Å²) in [4.78, 5) is 20.3. The standard InChI is InChI=1S/C18H16FN3OS/c19-13-4-2-12(3-5-13)15-9-22-16(10-24-18(22)20-15)17(23)21-8-11-1-6-14(21)7-11/h2-5,9-11,14H,1,6-8H2/t11-,14-/m1/s1. The lowest BCUT2D eigenvalue weighted by atomic mass is 10.1. The summed E-state index contributed by atoms with van der Waals surface area (Å²) in [7, 11) is 0. The van der Waals surface area contributed by atoms with Gasteiger partial charge in [-0.1, -0.05) is 0 Å². The van der Waals surface area contributed by atoms with Gasteiger partial charge in [0.2, 0.25) is 0 Å². The summed E-state index contributed by atoms with van der Waals surface area (Å²) in [6, 6.07) is 6.69. The molecule has 0 spiro atoms. The van der Waals surface area contributed by atoms with Gasteiger partial charge in [-0.05, 0) is 49.4 Å². The Kier molecular flexibility index (Phi) is 3.03. The fourth-order valence-electron chi connectivity index (χ4n) is 4.02. The number of hydrogen-bond donors (Lipinski definition) is 0. The van der Waals surface area contributed by atoms with E-state index in [4.69, 9.17) is 0 Å². The minimum Gasteiger partial charge on any atom is -0.334 e. The fraction of sp³-hybridized carbons (Fsp3) is 0.333. The van der Waals surface area contributed by atoms with Gasteiger partial charge in [0, 0.05) is 29.7 Å². The van der Waals surface area contributed by atoms with E-state index in [2.05, 4.69) is 4.98 Å². The molecule has 2 bridgehead atoms. The number of piperidine rings is 1. The predicted molar refractivity (Wildman–Crippen MR) is 90.6 cm³/mol. The lowest BCUT2D eigenvalue weighted by molar-refractivity contribution is 0.0697.